The van der Waals surface area contributed by atoms with Gasteiger partial charge in [0.1, 0.15) is 0 Å². The zero-order chi connectivity index (χ0) is 21.8. The first-order valence-electron chi connectivity index (χ1n) is 10.7. The quantitative estimate of drug-likeness (QED) is 0.611. The summed E-state index contributed by atoms with van der Waals surface area (Å²) in [4.78, 5) is 11.6. The Hall–Kier alpha value is -2.55. The highest BCUT2D eigenvalue weighted by Crippen LogP contribution is 2.27. The van der Waals surface area contributed by atoms with Crippen LogP contribution in [0.25, 0.3) is 22.0 Å². The second kappa shape index (κ2) is 9.30. The fraction of sp³-hybridized carbons (Fsp3) is 0.391. The van der Waals surface area contributed by atoms with Gasteiger partial charge in [-0.05, 0) is 48.1 Å². The van der Waals surface area contributed by atoms with Gasteiger partial charge in [0.25, 0.3) is 10.2 Å². The van der Waals surface area contributed by atoms with Crippen molar-refractivity contribution in [2.45, 2.75) is 19.3 Å². The summed E-state index contributed by atoms with van der Waals surface area (Å²) in [5.74, 6) is 1.27. The van der Waals surface area contributed by atoms with Crippen LogP contribution in [0, 0.1) is 5.92 Å². The maximum absolute atomic E-state index is 11.8. The molecule has 1 aliphatic rings. The normalized spacial score (nSPS) is 15.6. The molecule has 0 radical (unpaired) electrons. The van der Waals surface area contributed by atoms with Gasteiger partial charge < -0.3 is 4.90 Å². The molecule has 0 aliphatic carbocycles. The fourth-order valence-electron chi connectivity index (χ4n) is 4.07. The van der Waals surface area contributed by atoms with Crippen LogP contribution in [-0.2, 0) is 10.2 Å². The van der Waals surface area contributed by atoms with Crippen LogP contribution < -0.4 is 9.62 Å². The molecule has 31 heavy (non-hydrogen) atoms. The average Bonchev–Trinajstić information content (AvgIpc) is 2.82. The predicted octanol–water partition coefficient (Wildman–Crippen LogP) is 3.30. The van der Waals surface area contributed by atoms with E-state index in [1.807, 2.05) is 24.4 Å². The Morgan fingerprint density at radius 3 is 2.58 bits per heavy atom. The van der Waals surface area contributed by atoms with Crippen LogP contribution in [0.2, 0.25) is 0 Å². The number of hydrogen-bond donors (Lipinski definition) is 1. The summed E-state index contributed by atoms with van der Waals surface area (Å²) in [6, 6.07) is 16.7. The molecule has 164 valence electrons. The first-order valence-corrected chi connectivity index (χ1v) is 12.1. The van der Waals surface area contributed by atoms with E-state index in [1.165, 1.54) is 22.1 Å². The van der Waals surface area contributed by atoms with Crippen molar-refractivity contribution in [1.82, 2.24) is 19.0 Å². The molecule has 0 saturated carbocycles. The Bertz CT molecular complexity index is 1140. The van der Waals surface area contributed by atoms with Crippen LogP contribution in [0.3, 0.4) is 0 Å². The molecule has 1 aromatic heterocycles. The zero-order valence-electron chi connectivity index (χ0n) is 18.0. The third-order valence-electron chi connectivity index (χ3n) is 6.11. The maximum atomic E-state index is 11.8. The van der Waals surface area contributed by atoms with E-state index in [9.17, 15) is 8.42 Å². The van der Waals surface area contributed by atoms with Crippen molar-refractivity contribution in [3.8, 4) is 11.3 Å². The topological polar surface area (TPSA) is 78.4 Å². The molecule has 2 aromatic carbocycles. The number of aromatic nitrogens is 2. The SMILES string of the molecule is CNS(=O)(=O)N(C)CCC1CCN(c2nccc(-c3ccc4ccccc4c3)n2)CC1. The fourth-order valence-corrected chi connectivity index (χ4v) is 4.73. The minimum absolute atomic E-state index is 0.509. The summed E-state index contributed by atoms with van der Waals surface area (Å²) >= 11 is 0. The molecule has 0 amide bonds. The number of benzene rings is 2. The molecule has 8 heteroatoms. The van der Waals surface area contributed by atoms with Gasteiger partial charge in [0.05, 0.1) is 5.69 Å². The van der Waals surface area contributed by atoms with Crippen LogP contribution in [0.15, 0.2) is 54.7 Å². The molecule has 1 N–H and O–H groups in total. The third kappa shape index (κ3) is 5.03. The lowest BCUT2D eigenvalue weighted by Crippen LogP contribution is -2.39. The van der Waals surface area contributed by atoms with Crippen molar-refractivity contribution in [3.05, 3.63) is 54.7 Å². The van der Waals surface area contributed by atoms with Crippen LogP contribution in [0.5, 0.6) is 0 Å². The van der Waals surface area contributed by atoms with E-state index in [2.05, 4.69) is 44.9 Å². The molecule has 0 atom stereocenters. The smallest absolute Gasteiger partial charge is 0.278 e. The second-order valence-corrected chi connectivity index (χ2v) is 10.0. The molecular formula is C23H29N5O2S. The minimum Gasteiger partial charge on any atom is -0.341 e. The van der Waals surface area contributed by atoms with Gasteiger partial charge >= 0.3 is 0 Å². The van der Waals surface area contributed by atoms with Gasteiger partial charge in [-0.1, -0.05) is 36.4 Å². The lowest BCUT2D eigenvalue weighted by molar-refractivity contribution is 0.342. The first kappa shape index (κ1) is 21.7. The van der Waals surface area contributed by atoms with Crippen LogP contribution in [-0.4, -0.2) is 56.4 Å². The molecular weight excluding hydrogens is 410 g/mol. The zero-order valence-corrected chi connectivity index (χ0v) is 18.8. The molecule has 1 fully saturated rings. The number of anilines is 1. The van der Waals surface area contributed by atoms with Gasteiger partial charge in [-0.25, -0.2) is 14.7 Å². The Balaban J connectivity index is 1.39. The van der Waals surface area contributed by atoms with Crippen molar-refractivity contribution in [2.24, 2.45) is 5.92 Å². The summed E-state index contributed by atoms with van der Waals surface area (Å²) in [6.07, 6.45) is 4.72. The third-order valence-corrected chi connectivity index (χ3v) is 7.63. The van der Waals surface area contributed by atoms with E-state index in [4.69, 9.17) is 4.98 Å². The van der Waals surface area contributed by atoms with Crippen LogP contribution in [0.4, 0.5) is 5.95 Å². The van der Waals surface area contributed by atoms with Crippen molar-refractivity contribution < 1.29 is 8.42 Å². The molecule has 7 nitrogen and oxygen atoms in total. The van der Waals surface area contributed by atoms with E-state index >= 15 is 0 Å². The molecule has 0 unspecified atom stereocenters. The van der Waals surface area contributed by atoms with Crippen molar-refractivity contribution >= 4 is 26.9 Å². The number of rotatable bonds is 7. The van der Waals surface area contributed by atoms with Crippen molar-refractivity contribution in [3.63, 3.8) is 0 Å². The highest BCUT2D eigenvalue weighted by Gasteiger charge is 2.23. The number of piperidine rings is 1. The van der Waals surface area contributed by atoms with Gasteiger partial charge in [0.2, 0.25) is 5.95 Å². The van der Waals surface area contributed by atoms with Gasteiger partial charge in [-0.2, -0.15) is 12.7 Å². The predicted molar refractivity (Wildman–Crippen MR) is 125 cm³/mol. The molecule has 0 bridgehead atoms. The molecule has 3 aromatic rings. The summed E-state index contributed by atoms with van der Waals surface area (Å²) in [5, 5.41) is 2.42. The standard InChI is InChI=1S/C23H29N5O2S/c1-24-31(29,30)27(2)14-10-18-11-15-28(16-12-18)23-25-13-9-22(26-23)21-8-7-19-5-3-4-6-20(19)17-21/h3-9,13,17-18,24H,10-12,14-16H2,1-2H3. The summed E-state index contributed by atoms with van der Waals surface area (Å²) in [5.41, 5.74) is 2.02. The number of nitrogens with one attached hydrogen (secondary N) is 1. The van der Waals surface area contributed by atoms with Crippen molar-refractivity contribution in [1.29, 1.82) is 0 Å². The Labute approximate surface area is 184 Å². The highest BCUT2D eigenvalue weighted by molar-refractivity contribution is 7.87. The Morgan fingerprint density at radius 2 is 1.84 bits per heavy atom. The summed E-state index contributed by atoms with van der Waals surface area (Å²) in [7, 11) is -0.286. The van der Waals surface area contributed by atoms with E-state index in [0.29, 0.717) is 12.5 Å². The van der Waals surface area contributed by atoms with Crippen LogP contribution >= 0.6 is 0 Å². The van der Waals surface area contributed by atoms with Gasteiger partial charge in [-0.3, -0.25) is 0 Å². The molecule has 4 rings (SSSR count). The van der Waals surface area contributed by atoms with Gasteiger partial charge in [0, 0.05) is 45.5 Å². The van der Waals surface area contributed by atoms with Crippen molar-refractivity contribution in [2.75, 3.05) is 38.6 Å². The lowest BCUT2D eigenvalue weighted by atomic mass is 9.94. The summed E-state index contributed by atoms with van der Waals surface area (Å²) < 4.78 is 27.4. The number of fused-ring (bicyclic) bond motifs is 1. The molecule has 0 spiro atoms. The monoisotopic (exact) mass is 439 g/mol. The van der Waals surface area contributed by atoms with E-state index in [-0.39, 0.29) is 0 Å². The maximum Gasteiger partial charge on any atom is 0.278 e. The molecule has 1 saturated heterocycles. The van der Waals surface area contributed by atoms with Gasteiger partial charge in [0.15, 0.2) is 0 Å². The van der Waals surface area contributed by atoms with E-state index in [0.717, 1.165) is 49.6 Å². The number of nitrogens with zero attached hydrogens (tertiary/aromatic N) is 4. The average molecular weight is 440 g/mol. The van der Waals surface area contributed by atoms with Crippen LogP contribution in [0.1, 0.15) is 19.3 Å². The minimum atomic E-state index is -3.34. The Kier molecular flexibility index (Phi) is 6.50. The summed E-state index contributed by atoms with van der Waals surface area (Å²) in [6.45, 7) is 2.30. The van der Waals surface area contributed by atoms with E-state index in [1.54, 1.807) is 7.05 Å². The first-order chi connectivity index (χ1) is 15.0. The number of hydrogen-bond acceptors (Lipinski definition) is 5. The highest BCUT2D eigenvalue weighted by atomic mass is 32.2. The Morgan fingerprint density at radius 1 is 1.10 bits per heavy atom. The molecule has 1 aliphatic heterocycles. The van der Waals surface area contributed by atoms with Gasteiger partial charge in [-0.15, -0.1) is 0 Å². The van der Waals surface area contributed by atoms with E-state index < -0.39 is 10.2 Å². The molecule has 2 heterocycles. The largest absolute Gasteiger partial charge is 0.341 e. The lowest BCUT2D eigenvalue weighted by Gasteiger charge is -2.32. The second-order valence-electron chi connectivity index (χ2n) is 8.05.